The molecule has 0 aliphatic carbocycles. The van der Waals surface area contributed by atoms with Crippen LogP contribution >= 0.6 is 11.3 Å². The van der Waals surface area contributed by atoms with Gasteiger partial charge in [-0.2, -0.15) is 4.98 Å². The fourth-order valence-electron chi connectivity index (χ4n) is 3.13. The van der Waals surface area contributed by atoms with Crippen LogP contribution in [0.4, 0.5) is 0 Å². The summed E-state index contributed by atoms with van der Waals surface area (Å²) in [5.74, 6) is 0.871. The van der Waals surface area contributed by atoms with Crippen LogP contribution in [0.1, 0.15) is 33.3 Å². The molecule has 0 radical (unpaired) electrons. The van der Waals surface area contributed by atoms with Crippen LogP contribution < -0.4 is 10.1 Å². The highest BCUT2D eigenvalue weighted by Crippen LogP contribution is 2.33. The first-order chi connectivity index (χ1) is 15.4. The van der Waals surface area contributed by atoms with Crippen molar-refractivity contribution in [1.82, 2.24) is 15.5 Å². The number of nitrogens with zero attached hydrogens (tertiary/aromatic N) is 2. The molecule has 170 valence electrons. The van der Waals surface area contributed by atoms with Crippen molar-refractivity contribution in [1.29, 1.82) is 0 Å². The number of aliphatic hydroxyl groups is 2. The molecule has 0 bridgehead atoms. The molecule has 0 spiro atoms. The maximum Gasteiger partial charge on any atom is 0.268 e. The van der Waals surface area contributed by atoms with Crippen LogP contribution in [0.5, 0.6) is 5.75 Å². The molecule has 32 heavy (non-hydrogen) atoms. The first-order valence-electron chi connectivity index (χ1n) is 10.1. The summed E-state index contributed by atoms with van der Waals surface area (Å²) in [5.41, 5.74) is 3.38. The largest absolute Gasteiger partial charge is 0.490 e. The highest BCUT2D eigenvalue weighted by atomic mass is 32.1. The summed E-state index contributed by atoms with van der Waals surface area (Å²) in [7, 11) is 0. The van der Waals surface area contributed by atoms with Crippen molar-refractivity contribution < 1.29 is 29.1 Å². The Hall–Kier alpha value is -3.08. The minimum absolute atomic E-state index is 0.0119. The summed E-state index contributed by atoms with van der Waals surface area (Å²) in [6.45, 7) is 5.07. The van der Waals surface area contributed by atoms with Gasteiger partial charge in [0.05, 0.1) is 9.75 Å². The number of aldehydes is 1. The third kappa shape index (κ3) is 5.39. The molecule has 9 nitrogen and oxygen atoms in total. The summed E-state index contributed by atoms with van der Waals surface area (Å²) in [6, 6.07) is 5.63. The van der Waals surface area contributed by atoms with Gasteiger partial charge in [0.2, 0.25) is 11.7 Å². The van der Waals surface area contributed by atoms with E-state index in [9.17, 15) is 14.7 Å². The first-order valence-corrected chi connectivity index (χ1v) is 10.9. The zero-order valence-corrected chi connectivity index (χ0v) is 18.9. The van der Waals surface area contributed by atoms with Gasteiger partial charge in [-0.1, -0.05) is 12.1 Å². The lowest BCUT2D eigenvalue weighted by Gasteiger charge is -2.17. The third-order valence-corrected chi connectivity index (χ3v) is 5.94. The van der Waals surface area contributed by atoms with E-state index in [2.05, 4.69) is 15.5 Å². The number of nitrogens with one attached hydrogen (secondary N) is 1. The van der Waals surface area contributed by atoms with Gasteiger partial charge >= 0.3 is 0 Å². The van der Waals surface area contributed by atoms with Crippen LogP contribution in [0.15, 0.2) is 22.7 Å². The van der Waals surface area contributed by atoms with E-state index in [1.807, 2.05) is 39.0 Å². The number of aliphatic hydroxyl groups excluding tert-OH is 2. The molecular formula is C22H25N3O6S. The van der Waals surface area contributed by atoms with Crippen molar-refractivity contribution in [2.45, 2.75) is 33.3 Å². The van der Waals surface area contributed by atoms with Gasteiger partial charge in [0.15, 0.2) is 6.29 Å². The highest BCUT2D eigenvalue weighted by Gasteiger charge is 2.18. The highest BCUT2D eigenvalue weighted by molar-refractivity contribution is 7.17. The van der Waals surface area contributed by atoms with Gasteiger partial charge in [-0.15, -0.1) is 11.3 Å². The van der Waals surface area contributed by atoms with E-state index < -0.39 is 18.6 Å². The Morgan fingerprint density at radius 2 is 2.09 bits per heavy atom. The van der Waals surface area contributed by atoms with E-state index in [0.29, 0.717) is 28.8 Å². The lowest BCUT2D eigenvalue weighted by molar-refractivity contribution is -0.124. The van der Waals surface area contributed by atoms with Crippen LogP contribution in [0.3, 0.4) is 0 Å². The van der Waals surface area contributed by atoms with Gasteiger partial charge in [-0.3, -0.25) is 9.59 Å². The summed E-state index contributed by atoms with van der Waals surface area (Å²) >= 11 is 1.30. The second kappa shape index (κ2) is 10.5. The Bertz CT molecular complexity index is 1110. The summed E-state index contributed by atoms with van der Waals surface area (Å²) in [4.78, 5) is 28.0. The molecule has 1 aromatic carbocycles. The summed E-state index contributed by atoms with van der Waals surface area (Å²) < 4.78 is 11.2. The van der Waals surface area contributed by atoms with Gasteiger partial charge in [0, 0.05) is 12.1 Å². The van der Waals surface area contributed by atoms with Crippen molar-refractivity contribution in [2.75, 3.05) is 19.8 Å². The van der Waals surface area contributed by atoms with E-state index in [1.54, 1.807) is 0 Å². The lowest BCUT2D eigenvalue weighted by Crippen LogP contribution is -2.36. The number of hydrogen-bond acceptors (Lipinski definition) is 9. The molecule has 3 N–H and O–H groups in total. The van der Waals surface area contributed by atoms with E-state index in [4.69, 9.17) is 14.4 Å². The molecule has 0 saturated carbocycles. The van der Waals surface area contributed by atoms with E-state index in [1.165, 1.54) is 11.3 Å². The van der Waals surface area contributed by atoms with E-state index >= 15 is 0 Å². The quantitative estimate of drug-likeness (QED) is 0.393. The Balaban J connectivity index is 1.77. The number of hydrogen-bond donors (Lipinski definition) is 3. The maximum atomic E-state index is 11.1. The number of carbonyl (C=O) groups excluding carboxylic acids is 2. The second-order valence-electron chi connectivity index (χ2n) is 7.26. The smallest absolute Gasteiger partial charge is 0.268 e. The van der Waals surface area contributed by atoms with Crippen LogP contribution in [0.25, 0.3) is 22.2 Å². The number of rotatable bonds is 10. The van der Waals surface area contributed by atoms with Gasteiger partial charge in [-0.25, -0.2) is 0 Å². The molecule has 2 heterocycles. The molecular weight excluding hydrogens is 434 g/mol. The Kier molecular flexibility index (Phi) is 7.73. The molecule has 0 aliphatic heterocycles. The van der Waals surface area contributed by atoms with Crippen molar-refractivity contribution >= 4 is 23.5 Å². The number of amides is 1. The topological polar surface area (TPSA) is 135 Å². The van der Waals surface area contributed by atoms with E-state index in [-0.39, 0.29) is 13.2 Å². The maximum absolute atomic E-state index is 11.1. The van der Waals surface area contributed by atoms with Crippen molar-refractivity contribution in [3.05, 3.63) is 39.8 Å². The Morgan fingerprint density at radius 1 is 1.31 bits per heavy atom. The summed E-state index contributed by atoms with van der Waals surface area (Å²) in [6.07, 6.45) is 0.576. The number of thiophene rings is 1. The average Bonchev–Trinajstić information content (AvgIpc) is 3.42. The van der Waals surface area contributed by atoms with Gasteiger partial charge < -0.3 is 24.8 Å². The van der Waals surface area contributed by atoms with Crippen LogP contribution in [0.2, 0.25) is 0 Å². The number of ether oxygens (including phenoxy) is 1. The minimum atomic E-state index is -0.917. The molecule has 0 aliphatic rings. The van der Waals surface area contributed by atoms with E-state index in [0.717, 1.165) is 33.4 Å². The molecule has 1 unspecified atom stereocenters. The Labute approximate surface area is 189 Å². The zero-order valence-electron chi connectivity index (χ0n) is 18.0. The second-order valence-corrected chi connectivity index (χ2v) is 8.34. The molecule has 10 heteroatoms. The molecule has 2 aromatic heterocycles. The molecule has 1 amide bonds. The standard InChI is InChI=1S/C22H25N3O6S/c1-4-14-7-15(5-13(3)20(14)30-11-16(28)8-23-19(29)10-27)21-24-22(31-25-21)17-6-12(2)18(9-26)32-17/h5-7,9,16,27-28H,4,8,10-11H2,1-3H3,(H,23,29). The molecule has 3 rings (SSSR count). The number of aryl methyl sites for hydroxylation is 3. The first kappa shape index (κ1) is 23.6. The van der Waals surface area contributed by atoms with Crippen molar-refractivity contribution in [3.8, 4) is 27.9 Å². The number of benzene rings is 1. The molecule has 0 saturated heterocycles. The fraction of sp³-hybridized carbons (Fsp3) is 0.364. The predicted octanol–water partition coefficient (Wildman–Crippen LogP) is 2.31. The summed E-state index contributed by atoms with van der Waals surface area (Å²) in [5, 5.41) is 25.2. The number of aromatic nitrogens is 2. The zero-order chi connectivity index (χ0) is 23.3. The monoisotopic (exact) mass is 459 g/mol. The molecule has 3 aromatic rings. The average molecular weight is 460 g/mol. The number of carbonyl (C=O) groups is 2. The van der Waals surface area contributed by atoms with Crippen LogP contribution in [-0.2, 0) is 11.2 Å². The normalized spacial score (nSPS) is 11.9. The van der Waals surface area contributed by atoms with Crippen LogP contribution in [-0.4, -0.2) is 58.4 Å². The molecule has 1 atom stereocenters. The SMILES string of the molecule is CCc1cc(-c2noc(-c3cc(C)c(C=O)s3)n2)cc(C)c1OCC(O)CNC(=O)CO. The Morgan fingerprint density at radius 3 is 2.75 bits per heavy atom. The van der Waals surface area contributed by atoms with Gasteiger partial charge in [-0.05, 0) is 55.2 Å². The fourth-order valence-corrected chi connectivity index (χ4v) is 4.04. The lowest BCUT2D eigenvalue weighted by atomic mass is 10.0. The molecule has 0 fully saturated rings. The van der Waals surface area contributed by atoms with Gasteiger partial charge in [0.1, 0.15) is 25.1 Å². The van der Waals surface area contributed by atoms with Crippen molar-refractivity contribution in [2.24, 2.45) is 0 Å². The van der Waals surface area contributed by atoms with Gasteiger partial charge in [0.25, 0.3) is 5.89 Å². The predicted molar refractivity (Wildman–Crippen MR) is 119 cm³/mol. The van der Waals surface area contributed by atoms with Crippen molar-refractivity contribution in [3.63, 3.8) is 0 Å². The third-order valence-electron chi connectivity index (χ3n) is 4.79. The minimum Gasteiger partial charge on any atom is -0.490 e. The van der Waals surface area contributed by atoms with Crippen LogP contribution in [0, 0.1) is 13.8 Å².